The average Bonchev–Trinajstić information content (AvgIpc) is 2.86. The number of aromatic nitrogens is 2. The molecule has 0 aliphatic heterocycles. The van der Waals surface area contributed by atoms with Gasteiger partial charge in [0.1, 0.15) is 11.6 Å². The maximum atomic E-state index is 13.1. The fourth-order valence-corrected chi connectivity index (χ4v) is 3.56. The van der Waals surface area contributed by atoms with Crippen molar-refractivity contribution in [2.45, 2.75) is 13.5 Å². The molecular weight excluding hydrogens is 445 g/mol. The van der Waals surface area contributed by atoms with Gasteiger partial charge in [-0.15, -0.1) is 0 Å². The number of nitrogens with one attached hydrogen (secondary N) is 2. The Morgan fingerprint density at radius 3 is 2.49 bits per heavy atom. The van der Waals surface area contributed by atoms with Crippen LogP contribution in [0.5, 0.6) is 0 Å². The average molecular weight is 474 g/mol. The van der Waals surface area contributed by atoms with Gasteiger partial charge < -0.3 is 20.3 Å². The van der Waals surface area contributed by atoms with Crippen molar-refractivity contribution in [2.75, 3.05) is 42.8 Å². The molecule has 0 radical (unpaired) electrons. The zero-order valence-electron chi connectivity index (χ0n) is 20.0. The van der Waals surface area contributed by atoms with Crippen molar-refractivity contribution < 1.29 is 13.9 Å². The van der Waals surface area contributed by atoms with Crippen molar-refractivity contribution >= 4 is 34.3 Å². The predicted octanol–water partition coefficient (Wildman–Crippen LogP) is 5.02. The van der Waals surface area contributed by atoms with Crippen LogP contribution in [0.15, 0.2) is 66.7 Å². The van der Waals surface area contributed by atoms with Crippen molar-refractivity contribution in [2.24, 2.45) is 0 Å². The van der Waals surface area contributed by atoms with Gasteiger partial charge >= 0.3 is 0 Å². The lowest BCUT2D eigenvalue weighted by molar-refractivity contribution is 0.102. The van der Waals surface area contributed by atoms with Gasteiger partial charge in [0, 0.05) is 43.9 Å². The van der Waals surface area contributed by atoms with Crippen molar-refractivity contribution in [3.63, 3.8) is 0 Å². The van der Waals surface area contributed by atoms with Crippen LogP contribution in [0.3, 0.4) is 0 Å². The molecule has 1 heterocycles. The number of carbonyl (C=O) groups excluding carboxylic acids is 1. The highest BCUT2D eigenvalue weighted by Crippen LogP contribution is 2.25. The van der Waals surface area contributed by atoms with Crippen LogP contribution in [0.4, 0.5) is 21.8 Å². The quantitative estimate of drug-likeness (QED) is 0.355. The van der Waals surface area contributed by atoms with Gasteiger partial charge in [0.05, 0.1) is 12.1 Å². The van der Waals surface area contributed by atoms with E-state index >= 15 is 0 Å². The fraction of sp³-hybridized carbons (Fsp3) is 0.222. The minimum absolute atomic E-state index is 0.288. The second-order valence-corrected chi connectivity index (χ2v) is 8.32. The number of aryl methyl sites for hydroxylation is 1. The summed E-state index contributed by atoms with van der Waals surface area (Å²) < 4.78 is 18.3. The highest BCUT2D eigenvalue weighted by Gasteiger charge is 2.12. The Labute approximate surface area is 204 Å². The maximum Gasteiger partial charge on any atom is 0.255 e. The first-order chi connectivity index (χ1) is 16.9. The fourth-order valence-electron chi connectivity index (χ4n) is 3.56. The van der Waals surface area contributed by atoms with Crippen LogP contribution in [0.1, 0.15) is 21.5 Å². The molecule has 4 aromatic rings. The van der Waals surface area contributed by atoms with Crippen LogP contribution in [0, 0.1) is 12.7 Å². The summed E-state index contributed by atoms with van der Waals surface area (Å²) in [6.45, 7) is 3.85. The molecule has 3 aromatic carbocycles. The summed E-state index contributed by atoms with van der Waals surface area (Å²) in [6, 6.07) is 19.1. The van der Waals surface area contributed by atoms with Gasteiger partial charge in [0.2, 0.25) is 5.95 Å². The molecule has 2 N–H and O–H groups in total. The number of anilines is 3. The number of ether oxygens (including phenoxy) is 1. The number of likely N-dealkylation sites (N-methyl/N-ethyl adjacent to an activating group) is 1. The van der Waals surface area contributed by atoms with Gasteiger partial charge in [-0.1, -0.05) is 18.2 Å². The lowest BCUT2D eigenvalue weighted by Crippen LogP contribution is -2.24. The molecule has 7 nitrogen and oxygen atoms in total. The van der Waals surface area contributed by atoms with E-state index in [4.69, 9.17) is 14.7 Å². The largest absolute Gasteiger partial charge is 0.383 e. The normalized spacial score (nSPS) is 10.9. The molecule has 4 rings (SSSR count). The third-order valence-electron chi connectivity index (χ3n) is 5.59. The minimum Gasteiger partial charge on any atom is -0.383 e. The number of benzene rings is 3. The van der Waals surface area contributed by atoms with Crippen LogP contribution in [-0.4, -0.2) is 43.2 Å². The number of methoxy groups -OCH3 is 1. The molecule has 0 aliphatic carbocycles. The highest BCUT2D eigenvalue weighted by molar-refractivity contribution is 6.04. The molecule has 1 aromatic heterocycles. The van der Waals surface area contributed by atoms with Crippen LogP contribution < -0.4 is 15.5 Å². The lowest BCUT2D eigenvalue weighted by Gasteiger charge is -2.19. The summed E-state index contributed by atoms with van der Waals surface area (Å²) in [7, 11) is 3.61. The lowest BCUT2D eigenvalue weighted by atomic mass is 10.1. The Morgan fingerprint density at radius 2 is 1.77 bits per heavy atom. The van der Waals surface area contributed by atoms with E-state index in [0.29, 0.717) is 36.9 Å². The Morgan fingerprint density at radius 1 is 1.03 bits per heavy atom. The Kier molecular flexibility index (Phi) is 7.52. The molecule has 35 heavy (non-hydrogen) atoms. The van der Waals surface area contributed by atoms with Crippen LogP contribution in [0.25, 0.3) is 10.9 Å². The number of rotatable bonds is 9. The number of carbonyl (C=O) groups is 1. The van der Waals surface area contributed by atoms with Gasteiger partial charge in [-0.25, -0.2) is 9.37 Å². The molecule has 0 fully saturated rings. The highest BCUT2D eigenvalue weighted by atomic mass is 19.1. The summed E-state index contributed by atoms with van der Waals surface area (Å²) in [5.74, 6) is 0.715. The summed E-state index contributed by atoms with van der Waals surface area (Å²) in [6.07, 6.45) is 0. The summed E-state index contributed by atoms with van der Waals surface area (Å²) in [5.41, 5.74) is 4.09. The topological polar surface area (TPSA) is 79.4 Å². The van der Waals surface area contributed by atoms with Gasteiger partial charge in [0.25, 0.3) is 5.91 Å². The second-order valence-electron chi connectivity index (χ2n) is 8.32. The van der Waals surface area contributed by atoms with Gasteiger partial charge in [-0.05, 0) is 66.6 Å². The predicted molar refractivity (Wildman–Crippen MR) is 138 cm³/mol. The third-order valence-corrected chi connectivity index (χ3v) is 5.59. The van der Waals surface area contributed by atoms with E-state index in [2.05, 4.69) is 16.7 Å². The van der Waals surface area contributed by atoms with Crippen LogP contribution in [-0.2, 0) is 11.3 Å². The van der Waals surface area contributed by atoms with Gasteiger partial charge in [-0.2, -0.15) is 4.98 Å². The molecule has 1 amide bonds. The number of nitrogens with zero attached hydrogens (tertiary/aromatic N) is 3. The van der Waals surface area contributed by atoms with E-state index in [1.807, 2.05) is 55.3 Å². The molecule has 0 bridgehead atoms. The molecule has 0 atom stereocenters. The summed E-state index contributed by atoms with van der Waals surface area (Å²) >= 11 is 0. The van der Waals surface area contributed by atoms with Crippen molar-refractivity contribution in [3.8, 4) is 0 Å². The molecule has 0 spiro atoms. The second kappa shape index (κ2) is 10.9. The molecular formula is C27H28FN5O2. The van der Waals surface area contributed by atoms with E-state index in [9.17, 15) is 9.18 Å². The smallest absolute Gasteiger partial charge is 0.255 e. The number of amides is 1. The Bertz CT molecular complexity index is 1310. The Hall–Kier alpha value is -4.04. The van der Waals surface area contributed by atoms with Crippen molar-refractivity contribution in [3.05, 3.63) is 89.2 Å². The van der Waals surface area contributed by atoms with E-state index in [1.54, 1.807) is 7.11 Å². The molecule has 8 heteroatoms. The van der Waals surface area contributed by atoms with E-state index in [0.717, 1.165) is 27.8 Å². The van der Waals surface area contributed by atoms with Crippen LogP contribution in [0.2, 0.25) is 0 Å². The molecule has 0 unspecified atom stereocenters. The molecule has 0 aliphatic rings. The monoisotopic (exact) mass is 473 g/mol. The van der Waals surface area contributed by atoms with Crippen LogP contribution >= 0.6 is 0 Å². The minimum atomic E-state index is -0.376. The van der Waals surface area contributed by atoms with E-state index in [-0.39, 0.29) is 11.7 Å². The van der Waals surface area contributed by atoms with E-state index in [1.165, 1.54) is 24.3 Å². The first-order valence-electron chi connectivity index (χ1n) is 11.3. The molecule has 0 saturated carbocycles. The number of halogens is 1. The molecule has 180 valence electrons. The number of fused-ring (bicyclic) bond motifs is 1. The van der Waals surface area contributed by atoms with Gasteiger partial charge in [0.15, 0.2) is 0 Å². The Balaban J connectivity index is 1.47. The summed E-state index contributed by atoms with van der Waals surface area (Å²) in [5, 5.41) is 7.21. The first kappa shape index (κ1) is 24.1. The van der Waals surface area contributed by atoms with Gasteiger partial charge in [-0.3, -0.25) is 4.79 Å². The van der Waals surface area contributed by atoms with Crippen molar-refractivity contribution in [1.29, 1.82) is 0 Å². The number of hydrogen-bond acceptors (Lipinski definition) is 6. The SMILES string of the molecule is COCCN(C)c1nc(NCc2ccc(NC(=O)c3ccc(F)cc3)cc2)c2ccc(C)cc2n1. The zero-order chi connectivity index (χ0) is 24.8. The standard InChI is InChI=1S/C27H28FN5O2/c1-18-4-13-23-24(16-18)31-27(33(2)14-15-35-3)32-25(23)29-17-19-5-11-22(12-6-19)30-26(34)20-7-9-21(28)10-8-20/h4-13,16H,14-15,17H2,1-3H3,(H,30,34)(H,29,31,32). The number of hydrogen-bond donors (Lipinski definition) is 2. The molecule has 0 saturated heterocycles. The zero-order valence-corrected chi connectivity index (χ0v) is 20.0. The van der Waals surface area contributed by atoms with E-state index < -0.39 is 0 Å². The summed E-state index contributed by atoms with van der Waals surface area (Å²) in [4.78, 5) is 23.8. The first-order valence-corrected chi connectivity index (χ1v) is 11.3. The van der Waals surface area contributed by atoms with Crippen molar-refractivity contribution in [1.82, 2.24) is 9.97 Å². The maximum absolute atomic E-state index is 13.1. The third kappa shape index (κ3) is 6.10.